The van der Waals surface area contributed by atoms with Gasteiger partial charge in [-0.1, -0.05) is 12.1 Å². The molecule has 0 saturated carbocycles. The summed E-state index contributed by atoms with van der Waals surface area (Å²) in [6, 6.07) is 11.4. The maximum absolute atomic E-state index is 12.3. The summed E-state index contributed by atoms with van der Waals surface area (Å²) < 4.78 is 1.97. The first kappa shape index (κ1) is 12.5. The molecule has 0 N–H and O–H groups in total. The van der Waals surface area contributed by atoms with Crippen molar-refractivity contribution in [1.82, 2.24) is 14.5 Å². The van der Waals surface area contributed by atoms with Crippen LogP contribution >= 0.6 is 0 Å². The molecule has 4 heteroatoms. The van der Waals surface area contributed by atoms with Gasteiger partial charge in [0.05, 0.1) is 17.5 Å². The Morgan fingerprint density at radius 2 is 2.05 bits per heavy atom. The molecule has 2 heterocycles. The molecule has 0 saturated heterocycles. The third-order valence-corrected chi connectivity index (χ3v) is 3.42. The third-order valence-electron chi connectivity index (χ3n) is 3.42. The highest BCUT2D eigenvalue weighted by atomic mass is 16.1. The number of hydrogen-bond acceptors (Lipinski definition) is 3. The van der Waals surface area contributed by atoms with Crippen molar-refractivity contribution in [1.29, 1.82) is 0 Å². The first-order chi connectivity index (χ1) is 9.65. The van der Waals surface area contributed by atoms with Crippen molar-refractivity contribution < 1.29 is 4.79 Å². The van der Waals surface area contributed by atoms with Gasteiger partial charge in [-0.2, -0.15) is 0 Å². The highest BCUT2D eigenvalue weighted by molar-refractivity contribution is 5.97. The third kappa shape index (κ3) is 2.20. The van der Waals surface area contributed by atoms with Crippen LogP contribution in [0.15, 0.2) is 42.6 Å². The lowest BCUT2D eigenvalue weighted by molar-refractivity contribution is 0.0990. The van der Waals surface area contributed by atoms with Crippen molar-refractivity contribution >= 4 is 16.8 Å². The lowest BCUT2D eigenvalue weighted by Crippen LogP contribution is -2.08. The van der Waals surface area contributed by atoms with Gasteiger partial charge in [0.2, 0.25) is 0 Å². The summed E-state index contributed by atoms with van der Waals surface area (Å²) in [5.74, 6) is 0.847. The topological polar surface area (TPSA) is 47.8 Å². The molecule has 0 atom stereocenters. The minimum atomic E-state index is 0.0638. The SMILES string of the molecule is Cc1cc(C(=O)Cc2nc3ccccc3n2C)ccn1. The number of fused-ring (bicyclic) bond motifs is 1. The molecule has 0 aliphatic rings. The van der Waals surface area contributed by atoms with Crippen LogP contribution in [0.2, 0.25) is 0 Å². The lowest BCUT2D eigenvalue weighted by atomic mass is 10.1. The molecule has 20 heavy (non-hydrogen) atoms. The molecule has 0 spiro atoms. The smallest absolute Gasteiger partial charge is 0.170 e. The first-order valence-corrected chi connectivity index (χ1v) is 6.51. The number of benzene rings is 1. The van der Waals surface area contributed by atoms with E-state index in [9.17, 15) is 4.79 Å². The van der Waals surface area contributed by atoms with Crippen LogP contribution in [-0.2, 0) is 13.5 Å². The number of carbonyl (C=O) groups is 1. The molecule has 0 aliphatic carbocycles. The number of hydrogen-bond donors (Lipinski definition) is 0. The van der Waals surface area contributed by atoms with Crippen molar-refractivity contribution in [2.45, 2.75) is 13.3 Å². The van der Waals surface area contributed by atoms with Gasteiger partial charge in [0.1, 0.15) is 5.82 Å². The van der Waals surface area contributed by atoms with Gasteiger partial charge in [-0.3, -0.25) is 9.78 Å². The normalized spacial score (nSPS) is 10.9. The van der Waals surface area contributed by atoms with Crippen LogP contribution in [0.3, 0.4) is 0 Å². The molecule has 0 aliphatic heterocycles. The molecule has 0 radical (unpaired) electrons. The number of rotatable bonds is 3. The van der Waals surface area contributed by atoms with Crippen LogP contribution in [0.4, 0.5) is 0 Å². The number of aromatic nitrogens is 3. The standard InChI is InChI=1S/C16H15N3O/c1-11-9-12(7-8-17-11)15(20)10-16-18-13-5-3-4-6-14(13)19(16)2/h3-9H,10H2,1-2H3. The minimum absolute atomic E-state index is 0.0638. The summed E-state index contributed by atoms with van der Waals surface area (Å²) in [6.07, 6.45) is 1.96. The van der Waals surface area contributed by atoms with E-state index in [2.05, 4.69) is 9.97 Å². The fourth-order valence-electron chi connectivity index (χ4n) is 2.32. The summed E-state index contributed by atoms with van der Waals surface area (Å²) in [5, 5.41) is 0. The number of Topliss-reactive ketones (excluding diaryl/α,β-unsaturated/α-hetero) is 1. The molecule has 0 bridgehead atoms. The quantitative estimate of drug-likeness (QED) is 0.684. The van der Waals surface area contributed by atoms with E-state index in [1.807, 2.05) is 48.9 Å². The Morgan fingerprint density at radius 3 is 2.80 bits per heavy atom. The van der Waals surface area contributed by atoms with E-state index in [4.69, 9.17) is 0 Å². The highest BCUT2D eigenvalue weighted by Gasteiger charge is 2.13. The van der Waals surface area contributed by atoms with Crippen molar-refractivity contribution in [3.63, 3.8) is 0 Å². The molecule has 2 aromatic heterocycles. The summed E-state index contributed by atoms with van der Waals surface area (Å²) in [5.41, 5.74) is 3.50. The lowest BCUT2D eigenvalue weighted by Gasteiger charge is -2.03. The number of nitrogens with zero attached hydrogens (tertiary/aromatic N) is 3. The van der Waals surface area contributed by atoms with E-state index in [-0.39, 0.29) is 5.78 Å². The van der Waals surface area contributed by atoms with Gasteiger partial charge >= 0.3 is 0 Å². The Balaban J connectivity index is 1.93. The van der Waals surface area contributed by atoms with Gasteiger partial charge in [-0.25, -0.2) is 4.98 Å². The minimum Gasteiger partial charge on any atom is -0.331 e. The van der Waals surface area contributed by atoms with Gasteiger partial charge < -0.3 is 4.57 Å². The van der Waals surface area contributed by atoms with Crippen molar-refractivity contribution in [3.05, 3.63) is 59.7 Å². The molecule has 0 amide bonds. The van der Waals surface area contributed by atoms with E-state index in [1.165, 1.54) is 0 Å². The largest absolute Gasteiger partial charge is 0.331 e. The van der Waals surface area contributed by atoms with E-state index in [1.54, 1.807) is 12.3 Å². The Morgan fingerprint density at radius 1 is 1.25 bits per heavy atom. The number of imidazole rings is 1. The molecule has 1 aromatic carbocycles. The average Bonchev–Trinajstić information content (AvgIpc) is 2.76. The number of pyridine rings is 1. The van der Waals surface area contributed by atoms with Crippen molar-refractivity contribution in [3.8, 4) is 0 Å². The molecular formula is C16H15N3O. The second-order valence-corrected chi connectivity index (χ2v) is 4.86. The Hall–Kier alpha value is -2.49. The van der Waals surface area contributed by atoms with Crippen LogP contribution in [-0.4, -0.2) is 20.3 Å². The van der Waals surface area contributed by atoms with Gasteiger partial charge in [0.25, 0.3) is 0 Å². The number of aryl methyl sites for hydroxylation is 2. The van der Waals surface area contributed by atoms with Crippen molar-refractivity contribution in [2.75, 3.05) is 0 Å². The molecule has 0 unspecified atom stereocenters. The molecule has 4 nitrogen and oxygen atoms in total. The fraction of sp³-hybridized carbons (Fsp3) is 0.188. The van der Waals surface area contributed by atoms with E-state index in [0.717, 1.165) is 22.6 Å². The Kier molecular flexibility index (Phi) is 3.06. The maximum atomic E-state index is 12.3. The molecule has 0 fully saturated rings. The van der Waals surface area contributed by atoms with Crippen LogP contribution < -0.4 is 0 Å². The van der Waals surface area contributed by atoms with Gasteiger partial charge in [-0.15, -0.1) is 0 Å². The Labute approximate surface area is 117 Å². The second-order valence-electron chi connectivity index (χ2n) is 4.86. The number of para-hydroxylation sites is 2. The molecular weight excluding hydrogens is 250 g/mol. The van der Waals surface area contributed by atoms with E-state index < -0.39 is 0 Å². The predicted molar refractivity (Wildman–Crippen MR) is 77.7 cm³/mol. The predicted octanol–water partition coefficient (Wildman–Crippen LogP) is 2.70. The zero-order chi connectivity index (χ0) is 14.1. The van der Waals surface area contributed by atoms with Crippen LogP contribution in [0, 0.1) is 6.92 Å². The first-order valence-electron chi connectivity index (χ1n) is 6.51. The monoisotopic (exact) mass is 265 g/mol. The van der Waals surface area contributed by atoms with Gasteiger partial charge in [-0.05, 0) is 31.2 Å². The van der Waals surface area contributed by atoms with Crippen LogP contribution in [0.25, 0.3) is 11.0 Å². The van der Waals surface area contributed by atoms with Gasteiger partial charge in [0.15, 0.2) is 5.78 Å². The van der Waals surface area contributed by atoms with Gasteiger partial charge in [0, 0.05) is 24.5 Å². The summed E-state index contributed by atoms with van der Waals surface area (Å²) in [6.45, 7) is 1.88. The maximum Gasteiger partial charge on any atom is 0.170 e. The second kappa shape index (κ2) is 4.89. The van der Waals surface area contributed by atoms with E-state index >= 15 is 0 Å². The molecule has 3 aromatic rings. The van der Waals surface area contributed by atoms with Crippen LogP contribution in [0.1, 0.15) is 21.9 Å². The Bertz CT molecular complexity index is 789. The average molecular weight is 265 g/mol. The zero-order valence-corrected chi connectivity index (χ0v) is 11.5. The summed E-state index contributed by atoms with van der Waals surface area (Å²) in [7, 11) is 1.94. The van der Waals surface area contributed by atoms with E-state index in [0.29, 0.717) is 12.0 Å². The molecule has 3 rings (SSSR count). The summed E-state index contributed by atoms with van der Waals surface area (Å²) >= 11 is 0. The molecule has 100 valence electrons. The highest BCUT2D eigenvalue weighted by Crippen LogP contribution is 2.16. The number of carbonyl (C=O) groups excluding carboxylic acids is 1. The van der Waals surface area contributed by atoms with Crippen LogP contribution in [0.5, 0.6) is 0 Å². The number of ketones is 1. The fourth-order valence-corrected chi connectivity index (χ4v) is 2.32. The summed E-state index contributed by atoms with van der Waals surface area (Å²) in [4.78, 5) is 20.9. The zero-order valence-electron chi connectivity index (χ0n) is 11.5. The van der Waals surface area contributed by atoms with Crippen molar-refractivity contribution in [2.24, 2.45) is 7.05 Å².